The van der Waals surface area contributed by atoms with Crippen LogP contribution in [0.3, 0.4) is 0 Å². The summed E-state index contributed by atoms with van der Waals surface area (Å²) in [5, 5.41) is 4.39. The number of nitrogens with zero attached hydrogens (tertiary/aromatic N) is 2. The Morgan fingerprint density at radius 2 is 1.95 bits per heavy atom. The summed E-state index contributed by atoms with van der Waals surface area (Å²) in [6.07, 6.45) is -0.217. The normalized spacial score (nSPS) is 10.9. The summed E-state index contributed by atoms with van der Waals surface area (Å²) in [5.41, 5.74) is 0.424. The third-order valence-electron chi connectivity index (χ3n) is 2.88. The molecular formula is C13H10BrClF2N2O. The van der Waals surface area contributed by atoms with Crippen LogP contribution in [0.1, 0.15) is 21.7 Å². The van der Waals surface area contributed by atoms with E-state index in [1.54, 1.807) is 14.0 Å². The molecule has 0 fully saturated rings. The smallest absolute Gasteiger partial charge is 0.174 e. The molecule has 20 heavy (non-hydrogen) atoms. The van der Waals surface area contributed by atoms with Crippen molar-refractivity contribution in [2.24, 2.45) is 7.05 Å². The maximum absolute atomic E-state index is 13.7. The molecule has 2 rings (SSSR count). The van der Waals surface area contributed by atoms with Crippen molar-refractivity contribution in [2.75, 3.05) is 0 Å². The lowest BCUT2D eigenvalue weighted by Gasteiger charge is -2.06. The number of hydrogen-bond donors (Lipinski definition) is 0. The van der Waals surface area contributed by atoms with E-state index in [1.165, 1.54) is 4.68 Å². The second-order valence-electron chi connectivity index (χ2n) is 4.31. The van der Waals surface area contributed by atoms with Crippen molar-refractivity contribution in [1.82, 2.24) is 9.78 Å². The van der Waals surface area contributed by atoms with Crippen molar-refractivity contribution in [1.29, 1.82) is 0 Å². The molecular weight excluding hydrogens is 354 g/mol. The zero-order valence-electron chi connectivity index (χ0n) is 10.7. The molecule has 3 nitrogen and oxygen atoms in total. The highest BCUT2D eigenvalue weighted by molar-refractivity contribution is 9.10. The highest BCUT2D eigenvalue weighted by Crippen LogP contribution is 2.24. The van der Waals surface area contributed by atoms with Gasteiger partial charge in [0.15, 0.2) is 5.78 Å². The van der Waals surface area contributed by atoms with E-state index in [0.717, 1.165) is 12.1 Å². The molecule has 0 N–H and O–H groups in total. The molecule has 0 bridgehead atoms. The van der Waals surface area contributed by atoms with Crippen molar-refractivity contribution >= 4 is 33.3 Å². The van der Waals surface area contributed by atoms with Gasteiger partial charge in [-0.3, -0.25) is 9.48 Å². The van der Waals surface area contributed by atoms with Crippen molar-refractivity contribution < 1.29 is 13.6 Å². The standard InChI is InChI=1S/C13H10BrClF2N2O/c1-6-13(15)10(19(2)18-6)5-11(20)12-8(16)3-7(14)4-9(12)17/h3-4H,5H2,1-2H3. The van der Waals surface area contributed by atoms with Gasteiger partial charge in [-0.1, -0.05) is 27.5 Å². The van der Waals surface area contributed by atoms with E-state index in [0.29, 0.717) is 16.4 Å². The molecule has 1 aromatic carbocycles. The van der Waals surface area contributed by atoms with E-state index < -0.39 is 23.0 Å². The maximum Gasteiger partial charge on any atom is 0.174 e. The lowest BCUT2D eigenvalue weighted by Crippen LogP contribution is -2.12. The van der Waals surface area contributed by atoms with Crippen LogP contribution in [0.15, 0.2) is 16.6 Å². The predicted molar refractivity (Wildman–Crippen MR) is 75.0 cm³/mol. The number of aromatic nitrogens is 2. The summed E-state index contributed by atoms with van der Waals surface area (Å²) in [7, 11) is 1.62. The van der Waals surface area contributed by atoms with Crippen LogP contribution in [-0.2, 0) is 13.5 Å². The van der Waals surface area contributed by atoms with Crippen LogP contribution in [0, 0.1) is 18.6 Å². The quantitative estimate of drug-likeness (QED) is 0.777. The molecule has 0 spiro atoms. The highest BCUT2D eigenvalue weighted by atomic mass is 79.9. The van der Waals surface area contributed by atoms with Crippen molar-refractivity contribution in [3.63, 3.8) is 0 Å². The van der Waals surface area contributed by atoms with Gasteiger partial charge in [0.05, 0.1) is 28.4 Å². The first-order chi connectivity index (χ1) is 9.31. The molecule has 1 aromatic heterocycles. The fourth-order valence-corrected chi connectivity index (χ4v) is 2.55. The molecule has 0 aliphatic carbocycles. The minimum atomic E-state index is -0.906. The van der Waals surface area contributed by atoms with E-state index in [2.05, 4.69) is 21.0 Å². The molecule has 0 radical (unpaired) electrons. The van der Waals surface area contributed by atoms with Crippen LogP contribution in [0.4, 0.5) is 8.78 Å². The van der Waals surface area contributed by atoms with Gasteiger partial charge in [-0.25, -0.2) is 8.78 Å². The predicted octanol–water partition coefficient (Wildman–Crippen LogP) is 3.85. The number of carbonyl (C=O) groups is 1. The van der Waals surface area contributed by atoms with Crippen LogP contribution in [0.5, 0.6) is 0 Å². The number of ketones is 1. The average molecular weight is 364 g/mol. The molecule has 0 amide bonds. The van der Waals surface area contributed by atoms with Gasteiger partial charge in [-0.15, -0.1) is 0 Å². The molecule has 2 aromatic rings. The first-order valence-corrected chi connectivity index (χ1v) is 6.84. The van der Waals surface area contributed by atoms with Gasteiger partial charge in [0.2, 0.25) is 0 Å². The Hall–Kier alpha value is -1.27. The van der Waals surface area contributed by atoms with Crippen LogP contribution in [-0.4, -0.2) is 15.6 Å². The van der Waals surface area contributed by atoms with Gasteiger partial charge in [-0.2, -0.15) is 5.10 Å². The highest BCUT2D eigenvalue weighted by Gasteiger charge is 2.22. The zero-order chi connectivity index (χ0) is 15.0. The number of carbonyl (C=O) groups excluding carboxylic acids is 1. The topological polar surface area (TPSA) is 34.9 Å². The molecule has 0 unspecified atom stereocenters. The Balaban J connectivity index is 2.38. The zero-order valence-corrected chi connectivity index (χ0v) is 13.0. The lowest BCUT2D eigenvalue weighted by molar-refractivity contribution is 0.0982. The Bertz CT molecular complexity index is 677. The Morgan fingerprint density at radius 3 is 2.40 bits per heavy atom. The first kappa shape index (κ1) is 15.1. The number of hydrogen-bond acceptors (Lipinski definition) is 2. The van der Waals surface area contributed by atoms with Gasteiger partial charge >= 0.3 is 0 Å². The van der Waals surface area contributed by atoms with Crippen LogP contribution >= 0.6 is 27.5 Å². The van der Waals surface area contributed by atoms with Gasteiger partial charge in [0.25, 0.3) is 0 Å². The molecule has 0 aliphatic rings. The van der Waals surface area contributed by atoms with Crippen molar-refractivity contribution in [2.45, 2.75) is 13.3 Å². The van der Waals surface area contributed by atoms with Crippen LogP contribution < -0.4 is 0 Å². The second kappa shape index (κ2) is 5.61. The largest absolute Gasteiger partial charge is 0.294 e. The third kappa shape index (κ3) is 2.76. The number of halogens is 4. The van der Waals surface area contributed by atoms with Crippen molar-refractivity contribution in [3.8, 4) is 0 Å². The van der Waals surface area contributed by atoms with Crippen molar-refractivity contribution in [3.05, 3.63) is 50.2 Å². The SMILES string of the molecule is Cc1nn(C)c(CC(=O)c2c(F)cc(Br)cc2F)c1Cl. The second-order valence-corrected chi connectivity index (χ2v) is 5.61. The van der Waals surface area contributed by atoms with E-state index in [9.17, 15) is 13.6 Å². The van der Waals surface area contributed by atoms with Gasteiger partial charge in [-0.05, 0) is 19.1 Å². The minimum Gasteiger partial charge on any atom is -0.294 e. The number of Topliss-reactive ketones (excluding diaryl/α,β-unsaturated/α-hetero) is 1. The summed E-state index contributed by atoms with van der Waals surface area (Å²) in [6.45, 7) is 1.69. The summed E-state index contributed by atoms with van der Waals surface area (Å²) < 4.78 is 29.1. The fourth-order valence-electron chi connectivity index (χ4n) is 1.92. The Kier molecular flexibility index (Phi) is 4.25. The van der Waals surface area contributed by atoms with E-state index in [-0.39, 0.29) is 10.9 Å². The van der Waals surface area contributed by atoms with E-state index in [4.69, 9.17) is 11.6 Å². The molecule has 7 heteroatoms. The molecule has 0 saturated heterocycles. The Morgan fingerprint density at radius 1 is 1.40 bits per heavy atom. The summed E-state index contributed by atoms with van der Waals surface area (Å²) in [5.74, 6) is -2.49. The number of rotatable bonds is 3. The van der Waals surface area contributed by atoms with E-state index >= 15 is 0 Å². The summed E-state index contributed by atoms with van der Waals surface area (Å²) in [6, 6.07) is 2.10. The molecule has 0 saturated carbocycles. The first-order valence-electron chi connectivity index (χ1n) is 5.67. The summed E-state index contributed by atoms with van der Waals surface area (Å²) >= 11 is 8.98. The fraction of sp³-hybridized carbons (Fsp3) is 0.231. The van der Waals surface area contributed by atoms with E-state index in [1.807, 2.05) is 0 Å². The van der Waals surface area contributed by atoms with Gasteiger partial charge in [0.1, 0.15) is 11.6 Å². The maximum atomic E-state index is 13.7. The molecule has 1 heterocycles. The number of benzene rings is 1. The van der Waals surface area contributed by atoms with Crippen LogP contribution in [0.25, 0.3) is 0 Å². The Labute approximate surface area is 127 Å². The minimum absolute atomic E-state index is 0.217. The number of aryl methyl sites for hydroxylation is 2. The molecule has 0 atom stereocenters. The monoisotopic (exact) mass is 362 g/mol. The van der Waals surface area contributed by atoms with Gasteiger partial charge < -0.3 is 0 Å². The lowest BCUT2D eigenvalue weighted by atomic mass is 10.1. The van der Waals surface area contributed by atoms with Gasteiger partial charge in [0, 0.05) is 11.5 Å². The van der Waals surface area contributed by atoms with Crippen LogP contribution in [0.2, 0.25) is 5.02 Å². The average Bonchev–Trinajstić information content (AvgIpc) is 2.54. The summed E-state index contributed by atoms with van der Waals surface area (Å²) in [4.78, 5) is 12.1. The molecule has 0 aliphatic heterocycles. The third-order valence-corrected chi connectivity index (χ3v) is 3.82. The molecule has 106 valence electrons.